The van der Waals surface area contributed by atoms with E-state index in [1.54, 1.807) is 25.1 Å². The number of aliphatic hydroxyl groups excluding tert-OH is 1. The highest BCUT2D eigenvalue weighted by atomic mass is 32.1. The number of aromatic nitrogens is 1. The van der Waals surface area contributed by atoms with Gasteiger partial charge in [-0.25, -0.2) is 4.98 Å². The number of benzene rings is 3. The zero-order chi connectivity index (χ0) is 27.0. The molecule has 2 N–H and O–H groups in total. The van der Waals surface area contributed by atoms with E-state index < -0.39 is 23.5 Å². The third-order valence-corrected chi connectivity index (χ3v) is 7.33. The van der Waals surface area contributed by atoms with Crippen LogP contribution in [-0.2, 0) is 9.59 Å². The highest BCUT2D eigenvalue weighted by molar-refractivity contribution is 7.22. The van der Waals surface area contributed by atoms with Crippen molar-refractivity contribution in [3.63, 3.8) is 0 Å². The van der Waals surface area contributed by atoms with E-state index in [0.29, 0.717) is 17.3 Å². The van der Waals surface area contributed by atoms with Gasteiger partial charge in [0.1, 0.15) is 0 Å². The summed E-state index contributed by atoms with van der Waals surface area (Å²) >= 11 is 1.31. The molecule has 1 aliphatic rings. The van der Waals surface area contributed by atoms with Gasteiger partial charge in [-0.3, -0.25) is 14.5 Å². The molecule has 0 bridgehead atoms. The Kier molecular flexibility index (Phi) is 6.73. The second-order valence-electron chi connectivity index (χ2n) is 9.03. The molecular weight excluding hydrogens is 500 g/mol. The molecule has 3 aromatic carbocycles. The molecular formula is C30H26N2O5S. The van der Waals surface area contributed by atoms with Crippen LogP contribution in [0.15, 0.2) is 78.1 Å². The van der Waals surface area contributed by atoms with Crippen LogP contribution in [0, 0.1) is 13.8 Å². The van der Waals surface area contributed by atoms with Crippen molar-refractivity contribution in [1.29, 1.82) is 0 Å². The van der Waals surface area contributed by atoms with E-state index >= 15 is 0 Å². The van der Waals surface area contributed by atoms with Crippen molar-refractivity contribution in [2.45, 2.75) is 26.8 Å². The first kappa shape index (κ1) is 25.2. The zero-order valence-corrected chi connectivity index (χ0v) is 22.0. The highest BCUT2D eigenvalue weighted by Gasteiger charge is 2.45. The Balaban J connectivity index is 1.65. The maximum atomic E-state index is 13.5. The second-order valence-corrected chi connectivity index (χ2v) is 10.0. The molecule has 1 aliphatic heterocycles. The zero-order valence-electron chi connectivity index (χ0n) is 21.1. The van der Waals surface area contributed by atoms with Crippen LogP contribution in [-0.4, -0.2) is 33.5 Å². The van der Waals surface area contributed by atoms with Crippen LogP contribution in [0.2, 0.25) is 0 Å². The van der Waals surface area contributed by atoms with Gasteiger partial charge in [0.25, 0.3) is 5.91 Å². The van der Waals surface area contributed by atoms with E-state index in [1.165, 1.54) is 28.4 Å². The number of amides is 1. The molecule has 8 heteroatoms. The van der Waals surface area contributed by atoms with Crippen LogP contribution < -0.4 is 9.64 Å². The maximum absolute atomic E-state index is 13.5. The Labute approximate surface area is 224 Å². The van der Waals surface area contributed by atoms with Crippen molar-refractivity contribution in [2.24, 2.45) is 0 Å². The number of fused-ring (bicyclic) bond motifs is 1. The van der Waals surface area contributed by atoms with Crippen molar-refractivity contribution in [3.8, 4) is 11.5 Å². The number of carbonyl (C=O) groups excluding carboxylic acids is 2. The summed E-state index contributed by atoms with van der Waals surface area (Å²) < 4.78 is 6.46. The number of phenolic OH excluding ortho intramolecular Hbond substituents is 1. The number of ketones is 1. The molecule has 4 aromatic rings. The fourth-order valence-electron chi connectivity index (χ4n) is 4.63. The van der Waals surface area contributed by atoms with Gasteiger partial charge >= 0.3 is 0 Å². The Morgan fingerprint density at radius 2 is 1.87 bits per heavy atom. The fraction of sp³-hybridized carbons (Fsp3) is 0.167. The lowest BCUT2D eigenvalue weighted by Crippen LogP contribution is -2.30. The van der Waals surface area contributed by atoms with E-state index in [9.17, 15) is 19.8 Å². The molecule has 1 unspecified atom stereocenters. The number of allylic oxidation sites excluding steroid dienone is 1. The molecule has 38 heavy (non-hydrogen) atoms. The Bertz CT molecular complexity index is 1620. The monoisotopic (exact) mass is 526 g/mol. The number of ether oxygens (including phenoxy) is 1. The average molecular weight is 527 g/mol. The normalized spacial score (nSPS) is 15.7. The van der Waals surface area contributed by atoms with E-state index in [4.69, 9.17) is 9.72 Å². The molecule has 0 saturated heterocycles. The van der Waals surface area contributed by atoms with Gasteiger partial charge in [-0.1, -0.05) is 59.9 Å². The summed E-state index contributed by atoms with van der Waals surface area (Å²) in [5.74, 6) is -1.71. The molecule has 7 nitrogen and oxygen atoms in total. The first-order valence-corrected chi connectivity index (χ1v) is 13.0. The van der Waals surface area contributed by atoms with Crippen LogP contribution in [0.4, 0.5) is 5.13 Å². The standard InChI is InChI=1S/C30H26N2O5S/c1-4-37-23-16-20(11-13-21(23)33)27-25(22(34)12-10-19-8-6-5-7-9-19)28(35)29(36)32(27)30-31-26-18(3)14-17(2)15-24(26)38-30/h5-16,27,33,35H,4H2,1-3H3. The van der Waals surface area contributed by atoms with Gasteiger partial charge in [-0.15, -0.1) is 0 Å². The van der Waals surface area contributed by atoms with Gasteiger partial charge in [-0.2, -0.15) is 0 Å². The SMILES string of the molecule is CCOc1cc(C2C(C(=O)C=Cc3ccccc3)=C(O)C(=O)N2c2nc3c(C)cc(C)cc3s2)ccc1O. The third-order valence-electron chi connectivity index (χ3n) is 6.32. The molecule has 0 saturated carbocycles. The molecule has 2 heterocycles. The Morgan fingerprint density at radius 3 is 2.61 bits per heavy atom. The smallest absolute Gasteiger partial charge is 0.296 e. The van der Waals surface area contributed by atoms with Gasteiger partial charge in [0.05, 0.1) is 28.4 Å². The predicted octanol–water partition coefficient (Wildman–Crippen LogP) is 6.20. The number of aromatic hydroxyl groups is 1. The lowest BCUT2D eigenvalue weighted by atomic mass is 9.95. The lowest BCUT2D eigenvalue weighted by Gasteiger charge is -2.24. The number of anilines is 1. The van der Waals surface area contributed by atoms with Gasteiger partial charge in [0.2, 0.25) is 0 Å². The van der Waals surface area contributed by atoms with E-state index in [1.807, 2.05) is 56.3 Å². The third kappa shape index (κ3) is 4.54. The number of phenols is 1. The summed E-state index contributed by atoms with van der Waals surface area (Å²) in [5.41, 5.74) is 4.02. The minimum absolute atomic E-state index is 0.0670. The number of hydrogen-bond acceptors (Lipinski definition) is 7. The molecule has 1 amide bonds. The lowest BCUT2D eigenvalue weighted by molar-refractivity contribution is -0.117. The van der Waals surface area contributed by atoms with Crippen LogP contribution in [0.1, 0.15) is 35.2 Å². The Hall–Kier alpha value is -4.43. The van der Waals surface area contributed by atoms with Gasteiger partial charge in [-0.05, 0) is 67.3 Å². The van der Waals surface area contributed by atoms with Crippen molar-refractivity contribution in [1.82, 2.24) is 4.98 Å². The fourth-order valence-corrected chi connectivity index (χ4v) is 5.80. The van der Waals surface area contributed by atoms with Gasteiger partial charge < -0.3 is 14.9 Å². The van der Waals surface area contributed by atoms with Crippen molar-refractivity contribution >= 4 is 44.5 Å². The van der Waals surface area contributed by atoms with Gasteiger partial charge in [0, 0.05) is 0 Å². The minimum Gasteiger partial charge on any atom is -0.504 e. The first-order valence-electron chi connectivity index (χ1n) is 12.2. The number of nitrogens with zero attached hydrogens (tertiary/aromatic N) is 2. The highest BCUT2D eigenvalue weighted by Crippen LogP contribution is 2.45. The largest absolute Gasteiger partial charge is 0.504 e. The first-order chi connectivity index (χ1) is 18.3. The second kappa shape index (κ2) is 10.1. The number of rotatable bonds is 7. The van der Waals surface area contributed by atoms with Crippen LogP contribution in [0.3, 0.4) is 0 Å². The van der Waals surface area contributed by atoms with Crippen LogP contribution in [0.25, 0.3) is 16.3 Å². The topological polar surface area (TPSA) is 100.0 Å². The summed E-state index contributed by atoms with van der Waals surface area (Å²) in [4.78, 5) is 33.1. The number of aliphatic hydroxyl groups is 1. The van der Waals surface area contributed by atoms with Crippen molar-refractivity contribution in [3.05, 3.63) is 100 Å². The van der Waals surface area contributed by atoms with Gasteiger partial charge in [0.15, 0.2) is 28.2 Å². The molecule has 192 valence electrons. The van der Waals surface area contributed by atoms with Crippen LogP contribution >= 0.6 is 11.3 Å². The molecule has 0 aliphatic carbocycles. The quantitative estimate of drug-likeness (QED) is 0.278. The molecule has 0 spiro atoms. The predicted molar refractivity (Wildman–Crippen MR) is 149 cm³/mol. The van der Waals surface area contributed by atoms with Crippen molar-refractivity contribution < 1.29 is 24.5 Å². The summed E-state index contributed by atoms with van der Waals surface area (Å²) in [5, 5.41) is 21.7. The number of aryl methyl sites for hydroxylation is 2. The summed E-state index contributed by atoms with van der Waals surface area (Å²) in [6.45, 7) is 6.05. The van der Waals surface area contributed by atoms with E-state index in [-0.39, 0.29) is 17.1 Å². The average Bonchev–Trinajstić information content (AvgIpc) is 3.43. The number of thiazole rings is 1. The summed E-state index contributed by atoms with van der Waals surface area (Å²) in [6.07, 6.45) is 2.99. The Morgan fingerprint density at radius 1 is 1.11 bits per heavy atom. The van der Waals surface area contributed by atoms with Crippen LogP contribution in [0.5, 0.6) is 11.5 Å². The molecule has 5 rings (SSSR count). The molecule has 1 aromatic heterocycles. The molecule has 0 fully saturated rings. The maximum Gasteiger partial charge on any atom is 0.296 e. The van der Waals surface area contributed by atoms with Crippen molar-refractivity contribution in [2.75, 3.05) is 11.5 Å². The summed E-state index contributed by atoms with van der Waals surface area (Å²) in [6, 6.07) is 17.0. The van der Waals surface area contributed by atoms with E-state index in [2.05, 4.69) is 0 Å². The number of carbonyl (C=O) groups is 2. The molecule has 0 radical (unpaired) electrons. The minimum atomic E-state index is -0.975. The number of hydrogen-bond donors (Lipinski definition) is 2. The molecule has 1 atom stereocenters. The van der Waals surface area contributed by atoms with E-state index in [0.717, 1.165) is 26.9 Å². The summed E-state index contributed by atoms with van der Waals surface area (Å²) in [7, 11) is 0.